The lowest BCUT2D eigenvalue weighted by atomic mass is 9.88. The Balaban J connectivity index is 1.96. The number of likely N-dealkylation sites (tertiary alicyclic amines) is 1. The number of piperidine rings is 1. The average molecular weight is 272 g/mol. The Morgan fingerprint density at radius 3 is 2.53 bits per heavy atom. The van der Waals surface area contributed by atoms with Crippen molar-refractivity contribution in [2.24, 2.45) is 0 Å². The van der Waals surface area contributed by atoms with Crippen LogP contribution in [-0.2, 0) is 0 Å². The molecule has 1 heterocycles. The molecule has 0 aromatic heterocycles. The molecule has 5 heteroatoms. The molecule has 2 atom stereocenters. The molecule has 19 heavy (non-hydrogen) atoms. The molecule has 106 valence electrons. The first kappa shape index (κ1) is 14.3. The molecule has 0 spiro atoms. The lowest BCUT2D eigenvalue weighted by molar-refractivity contribution is -0.127. The van der Waals surface area contributed by atoms with E-state index in [1.54, 1.807) is 0 Å². The second-order valence-electron chi connectivity index (χ2n) is 5.26. The van der Waals surface area contributed by atoms with Crippen LogP contribution < -0.4 is 5.32 Å². The lowest BCUT2D eigenvalue weighted by Crippen LogP contribution is -2.49. The summed E-state index contributed by atoms with van der Waals surface area (Å²) in [5.41, 5.74) is 1.20. The van der Waals surface area contributed by atoms with Crippen molar-refractivity contribution < 1.29 is 13.2 Å². The van der Waals surface area contributed by atoms with Gasteiger partial charge in [0.05, 0.1) is 6.54 Å². The van der Waals surface area contributed by atoms with Crippen molar-refractivity contribution in [2.45, 2.75) is 24.6 Å². The van der Waals surface area contributed by atoms with Crippen LogP contribution in [0.25, 0.3) is 0 Å². The van der Waals surface area contributed by atoms with Crippen LogP contribution in [0.3, 0.4) is 0 Å². The van der Waals surface area contributed by atoms with Crippen molar-refractivity contribution in [1.29, 1.82) is 0 Å². The molecule has 1 aliphatic rings. The van der Waals surface area contributed by atoms with Gasteiger partial charge in [0, 0.05) is 19.1 Å². The van der Waals surface area contributed by atoms with Crippen molar-refractivity contribution in [2.75, 3.05) is 26.7 Å². The van der Waals surface area contributed by atoms with E-state index in [0.717, 1.165) is 13.0 Å². The zero-order valence-corrected chi connectivity index (χ0v) is 11.0. The second-order valence-corrected chi connectivity index (χ2v) is 5.26. The highest BCUT2D eigenvalue weighted by Gasteiger charge is 2.31. The van der Waals surface area contributed by atoms with Gasteiger partial charge in [-0.05, 0) is 24.9 Å². The summed E-state index contributed by atoms with van der Waals surface area (Å²) in [6.45, 7) is 0.653. The number of nitrogens with one attached hydrogen (secondary N) is 1. The van der Waals surface area contributed by atoms with E-state index in [-0.39, 0.29) is 6.04 Å². The number of halogens is 3. The molecule has 0 saturated carbocycles. The molecular weight excluding hydrogens is 253 g/mol. The molecule has 2 unspecified atom stereocenters. The smallest absolute Gasteiger partial charge is 0.305 e. The van der Waals surface area contributed by atoms with Gasteiger partial charge in [0.2, 0.25) is 0 Å². The van der Waals surface area contributed by atoms with Gasteiger partial charge in [-0.2, -0.15) is 13.2 Å². The van der Waals surface area contributed by atoms with Crippen LogP contribution in [0.15, 0.2) is 30.3 Å². The zero-order chi connectivity index (χ0) is 13.9. The van der Waals surface area contributed by atoms with E-state index in [1.807, 2.05) is 37.4 Å². The van der Waals surface area contributed by atoms with Crippen LogP contribution in [0.1, 0.15) is 17.9 Å². The summed E-state index contributed by atoms with van der Waals surface area (Å²) >= 11 is 0. The zero-order valence-electron chi connectivity index (χ0n) is 11.0. The van der Waals surface area contributed by atoms with Gasteiger partial charge in [-0.1, -0.05) is 30.3 Å². The SMILES string of the molecule is CN1CC(NCC(F)(F)F)CC(c2ccccc2)C1. The third-order valence-corrected chi connectivity index (χ3v) is 3.50. The van der Waals surface area contributed by atoms with Gasteiger partial charge in [-0.15, -0.1) is 0 Å². The van der Waals surface area contributed by atoms with Crippen molar-refractivity contribution in [1.82, 2.24) is 10.2 Å². The number of nitrogens with zero attached hydrogens (tertiary/aromatic N) is 1. The van der Waals surface area contributed by atoms with Crippen LogP contribution in [0, 0.1) is 0 Å². The molecule has 2 nitrogen and oxygen atoms in total. The number of hydrogen-bond donors (Lipinski definition) is 1. The highest BCUT2D eigenvalue weighted by atomic mass is 19.4. The van der Waals surface area contributed by atoms with Gasteiger partial charge in [0.15, 0.2) is 0 Å². The lowest BCUT2D eigenvalue weighted by Gasteiger charge is -2.36. The monoisotopic (exact) mass is 272 g/mol. The molecule has 0 amide bonds. The molecule has 0 radical (unpaired) electrons. The Labute approximate surface area is 111 Å². The van der Waals surface area contributed by atoms with E-state index in [4.69, 9.17) is 0 Å². The van der Waals surface area contributed by atoms with Crippen LogP contribution in [0.5, 0.6) is 0 Å². The summed E-state index contributed by atoms with van der Waals surface area (Å²) in [5, 5.41) is 2.63. The fourth-order valence-corrected chi connectivity index (χ4v) is 2.69. The molecule has 1 aromatic carbocycles. The molecule has 2 rings (SSSR count). The summed E-state index contributed by atoms with van der Waals surface area (Å²) in [6, 6.07) is 9.89. The van der Waals surface area contributed by atoms with Crippen molar-refractivity contribution in [3.05, 3.63) is 35.9 Å². The number of rotatable bonds is 3. The first-order valence-electron chi connectivity index (χ1n) is 6.47. The van der Waals surface area contributed by atoms with Crippen molar-refractivity contribution in [3.63, 3.8) is 0 Å². The van der Waals surface area contributed by atoms with Gasteiger partial charge in [-0.25, -0.2) is 0 Å². The summed E-state index contributed by atoms with van der Waals surface area (Å²) in [6.07, 6.45) is -3.39. The maximum atomic E-state index is 12.3. The van der Waals surface area contributed by atoms with Gasteiger partial charge in [0.25, 0.3) is 0 Å². The number of benzene rings is 1. The Hall–Kier alpha value is -1.07. The van der Waals surface area contributed by atoms with E-state index in [9.17, 15) is 13.2 Å². The number of likely N-dealkylation sites (N-methyl/N-ethyl adjacent to an activating group) is 1. The van der Waals surface area contributed by atoms with Crippen LogP contribution in [0.4, 0.5) is 13.2 Å². The Kier molecular flexibility index (Phi) is 4.47. The minimum absolute atomic E-state index is 0.106. The average Bonchev–Trinajstić information content (AvgIpc) is 2.36. The third-order valence-electron chi connectivity index (χ3n) is 3.50. The first-order valence-corrected chi connectivity index (χ1v) is 6.47. The largest absolute Gasteiger partial charge is 0.401 e. The predicted molar refractivity (Wildman–Crippen MR) is 69.1 cm³/mol. The highest BCUT2D eigenvalue weighted by molar-refractivity contribution is 5.21. The number of hydrogen-bond acceptors (Lipinski definition) is 2. The van der Waals surface area contributed by atoms with E-state index in [0.29, 0.717) is 12.5 Å². The molecule has 1 fully saturated rings. The third kappa shape index (κ3) is 4.51. The minimum atomic E-state index is -4.14. The van der Waals surface area contributed by atoms with Crippen LogP contribution >= 0.6 is 0 Å². The number of alkyl halides is 3. The quantitative estimate of drug-likeness (QED) is 0.910. The maximum absolute atomic E-state index is 12.3. The molecule has 1 aliphatic heterocycles. The second kappa shape index (κ2) is 5.92. The molecule has 1 saturated heterocycles. The van der Waals surface area contributed by atoms with E-state index >= 15 is 0 Å². The first-order chi connectivity index (χ1) is 8.94. The van der Waals surface area contributed by atoms with Gasteiger partial charge >= 0.3 is 6.18 Å². The van der Waals surface area contributed by atoms with Gasteiger partial charge < -0.3 is 10.2 Å². The van der Waals surface area contributed by atoms with Crippen molar-refractivity contribution in [3.8, 4) is 0 Å². The molecule has 0 aliphatic carbocycles. The molecule has 1 aromatic rings. The Morgan fingerprint density at radius 2 is 1.89 bits per heavy atom. The maximum Gasteiger partial charge on any atom is 0.401 e. The van der Waals surface area contributed by atoms with Crippen LogP contribution in [0.2, 0.25) is 0 Å². The van der Waals surface area contributed by atoms with Crippen molar-refractivity contribution >= 4 is 0 Å². The van der Waals surface area contributed by atoms with Gasteiger partial charge in [-0.3, -0.25) is 0 Å². The minimum Gasteiger partial charge on any atom is -0.305 e. The standard InChI is InChI=1S/C14H19F3N2/c1-19-8-12(11-5-3-2-4-6-11)7-13(9-19)18-10-14(15,16)17/h2-6,12-13,18H,7-10H2,1H3. The summed E-state index contributed by atoms with van der Waals surface area (Å²) in [7, 11) is 1.96. The Morgan fingerprint density at radius 1 is 1.21 bits per heavy atom. The molecule has 1 N–H and O–H groups in total. The summed E-state index contributed by atoms with van der Waals surface area (Å²) < 4.78 is 36.8. The fraction of sp³-hybridized carbons (Fsp3) is 0.571. The van der Waals surface area contributed by atoms with E-state index < -0.39 is 12.7 Å². The Bertz CT molecular complexity index is 391. The topological polar surface area (TPSA) is 15.3 Å². The summed E-state index contributed by atoms with van der Waals surface area (Å²) in [5.74, 6) is 0.297. The van der Waals surface area contributed by atoms with Crippen LogP contribution in [-0.4, -0.2) is 43.8 Å². The predicted octanol–water partition coefficient (Wildman–Crippen LogP) is 2.63. The normalized spacial score (nSPS) is 25.5. The summed E-state index contributed by atoms with van der Waals surface area (Å²) in [4.78, 5) is 2.09. The fourth-order valence-electron chi connectivity index (χ4n) is 2.69. The van der Waals surface area contributed by atoms with E-state index in [1.165, 1.54) is 5.56 Å². The molecular formula is C14H19F3N2. The highest BCUT2D eigenvalue weighted by Crippen LogP contribution is 2.26. The van der Waals surface area contributed by atoms with E-state index in [2.05, 4.69) is 10.2 Å². The van der Waals surface area contributed by atoms with Gasteiger partial charge in [0.1, 0.15) is 0 Å². The molecule has 0 bridgehead atoms.